The number of hydrogen-bond donors (Lipinski definition) is 1. The SMILES string of the molecule is COc1ncc(Br)cc1C=CC(O)c1ccc(Cl)c(Cl)c1. The van der Waals surface area contributed by atoms with E-state index in [0.29, 0.717) is 21.5 Å². The number of ether oxygens (including phenoxy) is 1. The van der Waals surface area contributed by atoms with Crippen molar-refractivity contribution < 1.29 is 9.84 Å². The molecule has 21 heavy (non-hydrogen) atoms. The summed E-state index contributed by atoms with van der Waals surface area (Å²) < 4.78 is 6.00. The number of benzene rings is 1. The number of aromatic nitrogens is 1. The summed E-state index contributed by atoms with van der Waals surface area (Å²) in [7, 11) is 1.54. The van der Waals surface area contributed by atoms with Gasteiger partial charge >= 0.3 is 0 Å². The summed E-state index contributed by atoms with van der Waals surface area (Å²) in [5.74, 6) is 0.482. The van der Waals surface area contributed by atoms with E-state index in [-0.39, 0.29) is 0 Å². The van der Waals surface area contributed by atoms with Gasteiger partial charge in [-0.2, -0.15) is 0 Å². The number of aliphatic hydroxyl groups excluding tert-OH is 1. The van der Waals surface area contributed by atoms with Gasteiger partial charge in [-0.15, -0.1) is 0 Å². The lowest BCUT2D eigenvalue weighted by atomic mass is 10.1. The average Bonchev–Trinajstić information content (AvgIpc) is 2.47. The third-order valence-corrected chi connectivity index (χ3v) is 3.95. The Balaban J connectivity index is 2.24. The van der Waals surface area contributed by atoms with E-state index in [4.69, 9.17) is 27.9 Å². The number of aliphatic hydroxyl groups is 1. The summed E-state index contributed by atoms with van der Waals surface area (Å²) in [5, 5.41) is 11.0. The largest absolute Gasteiger partial charge is 0.481 e. The van der Waals surface area contributed by atoms with E-state index in [0.717, 1.165) is 10.0 Å². The zero-order valence-electron chi connectivity index (χ0n) is 11.1. The van der Waals surface area contributed by atoms with E-state index in [2.05, 4.69) is 20.9 Å². The maximum Gasteiger partial charge on any atom is 0.220 e. The van der Waals surface area contributed by atoms with Crippen LogP contribution in [0.5, 0.6) is 5.88 Å². The van der Waals surface area contributed by atoms with Crippen molar-refractivity contribution in [3.05, 3.63) is 62.2 Å². The highest BCUT2D eigenvalue weighted by Crippen LogP contribution is 2.27. The van der Waals surface area contributed by atoms with Crippen molar-refractivity contribution in [3.63, 3.8) is 0 Å². The maximum atomic E-state index is 10.2. The fourth-order valence-electron chi connectivity index (χ4n) is 1.73. The van der Waals surface area contributed by atoms with Crippen LogP contribution < -0.4 is 4.74 Å². The monoisotopic (exact) mass is 387 g/mol. The van der Waals surface area contributed by atoms with E-state index < -0.39 is 6.10 Å². The van der Waals surface area contributed by atoms with Crippen LogP contribution in [0.4, 0.5) is 0 Å². The zero-order chi connectivity index (χ0) is 15.4. The quantitative estimate of drug-likeness (QED) is 0.809. The summed E-state index contributed by atoms with van der Waals surface area (Å²) in [4.78, 5) is 4.13. The Bertz CT molecular complexity index is 677. The molecule has 2 aromatic rings. The Morgan fingerprint density at radius 3 is 2.71 bits per heavy atom. The van der Waals surface area contributed by atoms with Crippen LogP contribution in [0.25, 0.3) is 6.08 Å². The maximum absolute atomic E-state index is 10.2. The Morgan fingerprint density at radius 2 is 2.05 bits per heavy atom. The Hall–Kier alpha value is -1.07. The van der Waals surface area contributed by atoms with Gasteiger partial charge in [0.1, 0.15) is 0 Å². The smallest absolute Gasteiger partial charge is 0.220 e. The second-order valence-corrected chi connectivity index (χ2v) is 5.96. The van der Waals surface area contributed by atoms with Gasteiger partial charge in [-0.3, -0.25) is 0 Å². The fraction of sp³-hybridized carbons (Fsp3) is 0.133. The van der Waals surface area contributed by atoms with Gasteiger partial charge in [0.15, 0.2) is 0 Å². The molecule has 1 atom stereocenters. The Kier molecular flexibility index (Phi) is 5.65. The third-order valence-electron chi connectivity index (χ3n) is 2.78. The van der Waals surface area contributed by atoms with Crippen molar-refractivity contribution in [1.82, 2.24) is 4.98 Å². The first-order valence-electron chi connectivity index (χ1n) is 6.02. The molecule has 0 spiro atoms. The first kappa shape index (κ1) is 16.3. The highest BCUT2D eigenvalue weighted by atomic mass is 79.9. The van der Waals surface area contributed by atoms with Gasteiger partial charge in [0, 0.05) is 16.2 Å². The van der Waals surface area contributed by atoms with Gasteiger partial charge < -0.3 is 9.84 Å². The van der Waals surface area contributed by atoms with E-state index in [1.165, 1.54) is 0 Å². The van der Waals surface area contributed by atoms with E-state index in [9.17, 15) is 5.11 Å². The first-order chi connectivity index (χ1) is 10.0. The summed E-state index contributed by atoms with van der Waals surface area (Å²) >= 11 is 15.1. The van der Waals surface area contributed by atoms with Crippen LogP contribution in [0, 0.1) is 0 Å². The summed E-state index contributed by atoms with van der Waals surface area (Å²) in [6.07, 6.45) is 4.21. The van der Waals surface area contributed by atoms with Crippen molar-refractivity contribution in [2.24, 2.45) is 0 Å². The average molecular weight is 389 g/mol. The second kappa shape index (κ2) is 7.27. The molecular weight excluding hydrogens is 377 g/mol. The van der Waals surface area contributed by atoms with Crippen molar-refractivity contribution in [2.75, 3.05) is 7.11 Å². The van der Waals surface area contributed by atoms with Crippen LogP contribution >= 0.6 is 39.1 Å². The Labute approximate surface area is 141 Å². The number of rotatable bonds is 4. The lowest BCUT2D eigenvalue weighted by Gasteiger charge is -2.08. The highest BCUT2D eigenvalue weighted by molar-refractivity contribution is 9.10. The summed E-state index contributed by atoms with van der Waals surface area (Å²) in [6, 6.07) is 6.86. The molecule has 6 heteroatoms. The predicted molar refractivity (Wildman–Crippen MR) is 88.9 cm³/mol. The van der Waals surface area contributed by atoms with Gasteiger partial charge in [-0.25, -0.2) is 4.98 Å². The number of methoxy groups -OCH3 is 1. The van der Waals surface area contributed by atoms with Crippen LogP contribution in [0.15, 0.2) is 41.0 Å². The van der Waals surface area contributed by atoms with Gasteiger partial charge in [0.05, 0.1) is 23.3 Å². The van der Waals surface area contributed by atoms with E-state index in [1.54, 1.807) is 43.7 Å². The standard InChI is InChI=1S/C15H12BrCl2NO2/c1-21-15-10(6-11(16)8-19-15)3-5-14(20)9-2-4-12(17)13(18)7-9/h2-8,14,20H,1H3. The topological polar surface area (TPSA) is 42.4 Å². The number of pyridine rings is 1. The molecule has 1 aromatic carbocycles. The van der Waals surface area contributed by atoms with Crippen LogP contribution in [-0.2, 0) is 0 Å². The van der Waals surface area contributed by atoms with Crippen molar-refractivity contribution in [2.45, 2.75) is 6.10 Å². The van der Waals surface area contributed by atoms with Gasteiger partial charge in [-0.05, 0) is 39.7 Å². The second-order valence-electron chi connectivity index (χ2n) is 4.23. The minimum atomic E-state index is -0.802. The van der Waals surface area contributed by atoms with Gasteiger partial charge in [0.2, 0.25) is 5.88 Å². The lowest BCUT2D eigenvalue weighted by Crippen LogP contribution is -1.94. The lowest BCUT2D eigenvalue weighted by molar-refractivity contribution is 0.229. The van der Waals surface area contributed by atoms with E-state index >= 15 is 0 Å². The molecular formula is C15H12BrCl2NO2. The summed E-state index contributed by atoms with van der Waals surface area (Å²) in [6.45, 7) is 0. The van der Waals surface area contributed by atoms with Crippen LogP contribution in [0.3, 0.4) is 0 Å². The Morgan fingerprint density at radius 1 is 1.29 bits per heavy atom. The van der Waals surface area contributed by atoms with Gasteiger partial charge in [-0.1, -0.05) is 41.4 Å². The molecule has 0 radical (unpaired) electrons. The molecule has 0 bridgehead atoms. The zero-order valence-corrected chi connectivity index (χ0v) is 14.2. The molecule has 0 aliphatic heterocycles. The van der Waals surface area contributed by atoms with Crippen molar-refractivity contribution in [3.8, 4) is 5.88 Å². The number of halogens is 3. The minimum absolute atomic E-state index is 0.406. The molecule has 2 rings (SSSR count). The molecule has 1 unspecified atom stereocenters. The molecule has 3 nitrogen and oxygen atoms in total. The number of hydrogen-bond acceptors (Lipinski definition) is 3. The molecule has 0 fully saturated rings. The normalized spacial score (nSPS) is 12.6. The van der Waals surface area contributed by atoms with Crippen LogP contribution in [0.2, 0.25) is 10.0 Å². The molecule has 0 amide bonds. The van der Waals surface area contributed by atoms with Gasteiger partial charge in [0.25, 0.3) is 0 Å². The number of nitrogens with zero attached hydrogens (tertiary/aromatic N) is 1. The molecule has 110 valence electrons. The predicted octanol–water partition coefficient (Wildman–Crippen LogP) is 4.91. The summed E-state index contributed by atoms with van der Waals surface area (Å²) in [5.41, 5.74) is 1.41. The molecule has 0 saturated carbocycles. The molecule has 0 aliphatic rings. The van der Waals surface area contributed by atoms with Crippen LogP contribution in [-0.4, -0.2) is 17.2 Å². The first-order valence-corrected chi connectivity index (χ1v) is 7.57. The third kappa shape index (κ3) is 4.20. The molecule has 1 N–H and O–H groups in total. The minimum Gasteiger partial charge on any atom is -0.481 e. The molecule has 1 heterocycles. The van der Waals surface area contributed by atoms with Crippen molar-refractivity contribution in [1.29, 1.82) is 0 Å². The molecule has 1 aromatic heterocycles. The van der Waals surface area contributed by atoms with E-state index in [1.807, 2.05) is 6.07 Å². The molecule has 0 aliphatic carbocycles. The highest BCUT2D eigenvalue weighted by Gasteiger charge is 2.08. The van der Waals surface area contributed by atoms with Crippen molar-refractivity contribution >= 4 is 45.2 Å². The van der Waals surface area contributed by atoms with Crippen LogP contribution in [0.1, 0.15) is 17.2 Å². The fourth-order valence-corrected chi connectivity index (χ4v) is 2.39. The molecule has 0 saturated heterocycles.